The van der Waals surface area contributed by atoms with Crippen LogP contribution in [0.25, 0.3) is 0 Å². The largest absolute Gasteiger partial charge is 0.493 e. The van der Waals surface area contributed by atoms with Crippen LogP contribution in [0.5, 0.6) is 11.5 Å². The summed E-state index contributed by atoms with van der Waals surface area (Å²) in [6, 6.07) is 6.58. The Kier molecular flexibility index (Phi) is 6.63. The molecule has 0 bridgehead atoms. The van der Waals surface area contributed by atoms with E-state index in [4.69, 9.17) is 21.1 Å². The van der Waals surface area contributed by atoms with Crippen molar-refractivity contribution in [1.29, 1.82) is 0 Å². The highest BCUT2D eigenvalue weighted by atomic mass is 35.5. The predicted octanol–water partition coefficient (Wildman–Crippen LogP) is 3.83. The van der Waals surface area contributed by atoms with E-state index in [2.05, 4.69) is 5.32 Å². The smallest absolute Gasteiger partial charge is 0.330 e. The molecule has 2 aromatic rings. The predicted molar refractivity (Wildman–Crippen MR) is 98.0 cm³/mol. The summed E-state index contributed by atoms with van der Waals surface area (Å²) in [6.07, 6.45) is -0.0882. The number of aliphatic carboxylic acids is 1. The van der Waals surface area contributed by atoms with Crippen molar-refractivity contribution in [2.24, 2.45) is 0 Å². The number of nitrogens with one attached hydrogen (secondary N) is 1. The molecule has 1 amide bonds. The average Bonchev–Trinajstić information content (AvgIpc) is 2.61. The fourth-order valence-corrected chi connectivity index (χ4v) is 2.47. The summed E-state index contributed by atoms with van der Waals surface area (Å²) in [5, 5.41) is 11.6. The molecule has 0 spiro atoms. The highest BCUT2D eigenvalue weighted by molar-refractivity contribution is 6.30. The van der Waals surface area contributed by atoms with Crippen LogP contribution in [0.15, 0.2) is 36.4 Å². The quantitative estimate of drug-likeness (QED) is 0.744. The lowest BCUT2D eigenvalue weighted by Gasteiger charge is -2.17. The van der Waals surface area contributed by atoms with Crippen LogP contribution in [0.3, 0.4) is 0 Å². The standard InChI is InChI=1S/C19H19ClFNO5/c1-10(2)27-15-7-5-12(9-16(15)26-3)18(23)22-17(19(24)25)11-4-6-13(20)14(21)8-11/h4-10,17H,1-3H3,(H,22,23)(H,24,25). The maximum absolute atomic E-state index is 13.6. The molecule has 2 N–H and O–H groups in total. The van der Waals surface area contributed by atoms with E-state index in [0.29, 0.717) is 11.5 Å². The first-order chi connectivity index (χ1) is 12.7. The molecule has 1 unspecified atom stereocenters. The number of carboxylic acids is 1. The fourth-order valence-electron chi connectivity index (χ4n) is 2.35. The van der Waals surface area contributed by atoms with Gasteiger partial charge in [0.2, 0.25) is 0 Å². The van der Waals surface area contributed by atoms with E-state index in [9.17, 15) is 19.1 Å². The van der Waals surface area contributed by atoms with Crippen LogP contribution in [0, 0.1) is 5.82 Å². The molecule has 0 fully saturated rings. The van der Waals surface area contributed by atoms with Gasteiger partial charge in [0.25, 0.3) is 5.91 Å². The van der Waals surface area contributed by atoms with Crippen molar-refractivity contribution in [1.82, 2.24) is 5.32 Å². The summed E-state index contributed by atoms with van der Waals surface area (Å²) >= 11 is 5.62. The minimum Gasteiger partial charge on any atom is -0.493 e. The van der Waals surface area contributed by atoms with Crippen molar-refractivity contribution < 1.29 is 28.6 Å². The second-order valence-corrected chi connectivity index (χ2v) is 6.36. The summed E-state index contributed by atoms with van der Waals surface area (Å²) in [6.45, 7) is 3.70. The molecule has 0 heterocycles. The molecule has 0 aromatic heterocycles. The number of methoxy groups -OCH3 is 1. The van der Waals surface area contributed by atoms with Gasteiger partial charge in [0.05, 0.1) is 18.2 Å². The van der Waals surface area contributed by atoms with E-state index in [1.54, 1.807) is 6.07 Å². The number of halogens is 2. The topological polar surface area (TPSA) is 84.9 Å². The van der Waals surface area contributed by atoms with Gasteiger partial charge >= 0.3 is 5.97 Å². The number of rotatable bonds is 7. The summed E-state index contributed by atoms with van der Waals surface area (Å²) in [4.78, 5) is 24.0. The van der Waals surface area contributed by atoms with E-state index >= 15 is 0 Å². The van der Waals surface area contributed by atoms with Crippen LogP contribution in [-0.4, -0.2) is 30.2 Å². The number of benzene rings is 2. The third-order valence-electron chi connectivity index (χ3n) is 3.59. The van der Waals surface area contributed by atoms with Crippen LogP contribution < -0.4 is 14.8 Å². The minimum absolute atomic E-state index is 0.0597. The van der Waals surface area contributed by atoms with Gasteiger partial charge in [-0.05, 0) is 49.7 Å². The Hall–Kier alpha value is -2.80. The lowest BCUT2D eigenvalue weighted by molar-refractivity contribution is -0.139. The average molecular weight is 396 g/mol. The van der Waals surface area contributed by atoms with Crippen molar-refractivity contribution in [2.75, 3.05) is 7.11 Å². The van der Waals surface area contributed by atoms with Gasteiger partial charge < -0.3 is 19.9 Å². The number of carbonyl (C=O) groups is 2. The first-order valence-corrected chi connectivity index (χ1v) is 8.44. The molecular formula is C19H19ClFNO5. The van der Waals surface area contributed by atoms with Gasteiger partial charge in [0, 0.05) is 5.56 Å². The van der Waals surface area contributed by atoms with E-state index in [1.165, 1.54) is 31.4 Å². The number of carboxylic acid groups (broad SMARTS) is 1. The van der Waals surface area contributed by atoms with Gasteiger partial charge in [-0.2, -0.15) is 0 Å². The second kappa shape index (κ2) is 8.73. The summed E-state index contributed by atoms with van der Waals surface area (Å²) < 4.78 is 24.4. The van der Waals surface area contributed by atoms with Crippen LogP contribution in [0.4, 0.5) is 4.39 Å². The number of ether oxygens (including phenoxy) is 2. The first-order valence-electron chi connectivity index (χ1n) is 8.06. The molecule has 2 rings (SSSR count). The molecule has 8 heteroatoms. The van der Waals surface area contributed by atoms with Crippen molar-refractivity contribution >= 4 is 23.5 Å². The molecule has 1 atom stereocenters. The van der Waals surface area contributed by atoms with Gasteiger partial charge in [-0.25, -0.2) is 9.18 Å². The Morgan fingerprint density at radius 2 is 1.85 bits per heavy atom. The Balaban J connectivity index is 2.27. The van der Waals surface area contributed by atoms with Crippen molar-refractivity contribution in [2.45, 2.75) is 26.0 Å². The van der Waals surface area contributed by atoms with E-state index in [1.807, 2.05) is 13.8 Å². The van der Waals surface area contributed by atoms with Gasteiger partial charge in [-0.1, -0.05) is 17.7 Å². The summed E-state index contributed by atoms with van der Waals surface area (Å²) in [5.41, 5.74) is 0.230. The molecule has 0 aliphatic rings. The second-order valence-electron chi connectivity index (χ2n) is 5.95. The molecular weight excluding hydrogens is 377 g/mol. The van der Waals surface area contributed by atoms with Crippen LogP contribution in [0.2, 0.25) is 5.02 Å². The van der Waals surface area contributed by atoms with Gasteiger partial charge in [-0.15, -0.1) is 0 Å². The van der Waals surface area contributed by atoms with E-state index < -0.39 is 23.7 Å². The lowest BCUT2D eigenvalue weighted by Crippen LogP contribution is -2.33. The fraction of sp³-hybridized carbons (Fsp3) is 0.263. The van der Waals surface area contributed by atoms with Crippen molar-refractivity contribution in [3.8, 4) is 11.5 Å². The van der Waals surface area contributed by atoms with Crippen LogP contribution in [-0.2, 0) is 4.79 Å². The zero-order chi connectivity index (χ0) is 20.1. The number of hydrogen-bond donors (Lipinski definition) is 2. The lowest BCUT2D eigenvalue weighted by atomic mass is 10.1. The van der Waals surface area contributed by atoms with Gasteiger partial charge in [-0.3, -0.25) is 4.79 Å². The molecule has 0 saturated heterocycles. The Bertz CT molecular complexity index is 856. The number of amides is 1. The monoisotopic (exact) mass is 395 g/mol. The molecule has 2 aromatic carbocycles. The van der Waals surface area contributed by atoms with Crippen LogP contribution >= 0.6 is 11.6 Å². The summed E-state index contributed by atoms with van der Waals surface area (Å²) in [7, 11) is 1.43. The Labute approximate surface area is 160 Å². The molecule has 6 nitrogen and oxygen atoms in total. The third kappa shape index (κ3) is 5.10. The molecule has 27 heavy (non-hydrogen) atoms. The first kappa shape index (κ1) is 20.5. The molecule has 0 aliphatic carbocycles. The molecule has 144 valence electrons. The maximum Gasteiger partial charge on any atom is 0.330 e. The van der Waals surface area contributed by atoms with E-state index in [-0.39, 0.29) is 22.3 Å². The van der Waals surface area contributed by atoms with Crippen molar-refractivity contribution in [3.05, 3.63) is 58.4 Å². The Morgan fingerprint density at radius 1 is 1.15 bits per heavy atom. The molecule has 0 radical (unpaired) electrons. The van der Waals surface area contributed by atoms with Crippen molar-refractivity contribution in [3.63, 3.8) is 0 Å². The maximum atomic E-state index is 13.6. The highest BCUT2D eigenvalue weighted by Crippen LogP contribution is 2.29. The normalized spacial score (nSPS) is 11.8. The number of hydrogen-bond acceptors (Lipinski definition) is 4. The summed E-state index contributed by atoms with van der Waals surface area (Å²) in [5.74, 6) is -1.98. The molecule has 0 saturated carbocycles. The van der Waals surface area contributed by atoms with Crippen LogP contribution in [0.1, 0.15) is 35.8 Å². The Morgan fingerprint density at radius 3 is 2.41 bits per heavy atom. The highest BCUT2D eigenvalue weighted by Gasteiger charge is 2.24. The van der Waals surface area contributed by atoms with Gasteiger partial charge in [0.1, 0.15) is 5.82 Å². The zero-order valence-electron chi connectivity index (χ0n) is 15.0. The van der Waals surface area contributed by atoms with Gasteiger partial charge in [0.15, 0.2) is 17.5 Å². The van der Waals surface area contributed by atoms with E-state index in [0.717, 1.165) is 6.07 Å². The SMILES string of the molecule is COc1cc(C(=O)NC(C(=O)O)c2ccc(Cl)c(F)c2)ccc1OC(C)C. The zero-order valence-corrected chi connectivity index (χ0v) is 15.7. The number of carbonyl (C=O) groups excluding carboxylic acids is 1. The third-order valence-corrected chi connectivity index (χ3v) is 3.89. The molecule has 0 aliphatic heterocycles. The minimum atomic E-state index is -1.44.